The van der Waals surface area contributed by atoms with Crippen molar-refractivity contribution in [2.75, 3.05) is 16.8 Å². The first-order valence-corrected chi connectivity index (χ1v) is 10.9. The number of carbonyl (C=O) groups is 1. The predicted molar refractivity (Wildman–Crippen MR) is 119 cm³/mol. The average molecular weight is 429 g/mol. The van der Waals surface area contributed by atoms with Crippen LogP contribution in [0.4, 0.5) is 17.7 Å². The molecular weight excluding hydrogens is 406 g/mol. The number of pyridine rings is 1. The van der Waals surface area contributed by atoms with Crippen molar-refractivity contribution < 1.29 is 4.79 Å². The van der Waals surface area contributed by atoms with Crippen LogP contribution < -0.4 is 15.5 Å². The number of aromatic nitrogens is 6. The summed E-state index contributed by atoms with van der Waals surface area (Å²) >= 11 is 0. The van der Waals surface area contributed by atoms with Gasteiger partial charge in [0.2, 0.25) is 11.9 Å². The summed E-state index contributed by atoms with van der Waals surface area (Å²) in [6, 6.07) is 10.2. The van der Waals surface area contributed by atoms with Crippen LogP contribution in [-0.2, 0) is 0 Å². The van der Waals surface area contributed by atoms with Crippen LogP contribution in [0, 0.1) is 0 Å². The van der Waals surface area contributed by atoms with Crippen LogP contribution in [0.5, 0.6) is 0 Å². The van der Waals surface area contributed by atoms with E-state index in [1.54, 1.807) is 6.07 Å². The molecule has 1 saturated heterocycles. The molecule has 10 heteroatoms. The summed E-state index contributed by atoms with van der Waals surface area (Å²) in [5.41, 5.74) is 2.43. The Kier molecular flexibility index (Phi) is 4.48. The van der Waals surface area contributed by atoms with Crippen molar-refractivity contribution in [2.24, 2.45) is 0 Å². The molecule has 1 atom stereocenters. The second-order valence-electron chi connectivity index (χ2n) is 8.26. The highest BCUT2D eigenvalue weighted by Crippen LogP contribution is 2.35. The lowest BCUT2D eigenvalue weighted by molar-refractivity contribution is 0.0946. The third-order valence-electron chi connectivity index (χ3n) is 5.95. The normalized spacial score (nSPS) is 18.2. The monoisotopic (exact) mass is 429 g/mol. The van der Waals surface area contributed by atoms with Gasteiger partial charge in [-0.25, -0.2) is 0 Å². The van der Waals surface area contributed by atoms with Gasteiger partial charge in [-0.3, -0.25) is 19.3 Å². The first-order valence-electron chi connectivity index (χ1n) is 10.9. The van der Waals surface area contributed by atoms with Crippen LogP contribution in [0.25, 0.3) is 5.65 Å². The van der Waals surface area contributed by atoms with Crippen molar-refractivity contribution in [3.63, 3.8) is 0 Å². The number of fused-ring (bicyclic) bond motifs is 1. The molecular formula is C22H23N9O. The molecule has 1 aliphatic carbocycles. The van der Waals surface area contributed by atoms with Crippen LogP contribution >= 0.6 is 0 Å². The van der Waals surface area contributed by atoms with Gasteiger partial charge in [0.15, 0.2) is 5.82 Å². The summed E-state index contributed by atoms with van der Waals surface area (Å²) in [6.07, 6.45) is 9.74. The molecule has 2 fully saturated rings. The number of nitrogens with one attached hydrogen (secondary N) is 3. The summed E-state index contributed by atoms with van der Waals surface area (Å²) in [5, 5.41) is 13.3. The minimum absolute atomic E-state index is 0.139. The van der Waals surface area contributed by atoms with Crippen LogP contribution in [0.3, 0.4) is 0 Å². The lowest BCUT2D eigenvalue weighted by Crippen LogP contribution is -2.25. The Morgan fingerprint density at radius 3 is 2.84 bits per heavy atom. The fourth-order valence-corrected chi connectivity index (χ4v) is 4.18. The molecule has 4 aromatic rings. The number of hydrogen-bond acceptors (Lipinski definition) is 7. The van der Waals surface area contributed by atoms with Crippen molar-refractivity contribution in [3.8, 4) is 0 Å². The molecule has 3 N–H and O–H groups in total. The highest BCUT2D eigenvalue weighted by molar-refractivity contribution is 5.93. The minimum Gasteiger partial charge on any atom is -0.348 e. The van der Waals surface area contributed by atoms with E-state index < -0.39 is 0 Å². The summed E-state index contributed by atoms with van der Waals surface area (Å²) in [4.78, 5) is 28.3. The Balaban J connectivity index is 1.30. The molecule has 1 saturated carbocycles. The second-order valence-corrected chi connectivity index (χ2v) is 8.26. The number of hydrogen-bond donors (Lipinski definition) is 3. The van der Waals surface area contributed by atoms with Crippen molar-refractivity contribution in [1.29, 1.82) is 0 Å². The molecule has 1 amide bonds. The molecule has 10 nitrogen and oxygen atoms in total. The smallest absolute Gasteiger partial charge is 0.269 e. The van der Waals surface area contributed by atoms with Gasteiger partial charge in [-0.2, -0.15) is 15.1 Å². The fourth-order valence-electron chi connectivity index (χ4n) is 4.18. The third-order valence-corrected chi connectivity index (χ3v) is 5.95. The molecule has 32 heavy (non-hydrogen) atoms. The van der Waals surface area contributed by atoms with Crippen LogP contribution in [0.2, 0.25) is 0 Å². The molecule has 6 rings (SSSR count). The van der Waals surface area contributed by atoms with Crippen molar-refractivity contribution in [1.82, 2.24) is 34.9 Å². The van der Waals surface area contributed by atoms with E-state index in [0.717, 1.165) is 37.9 Å². The first kappa shape index (κ1) is 18.8. The molecule has 4 aromatic heterocycles. The summed E-state index contributed by atoms with van der Waals surface area (Å²) in [6.45, 7) is 0.886. The molecule has 0 spiro atoms. The van der Waals surface area contributed by atoms with E-state index >= 15 is 0 Å². The molecule has 1 unspecified atom stereocenters. The molecule has 5 heterocycles. The molecule has 1 aliphatic heterocycles. The molecule has 0 radical (unpaired) electrons. The Morgan fingerprint density at radius 1 is 1.12 bits per heavy atom. The maximum atomic E-state index is 12.3. The quantitative estimate of drug-likeness (QED) is 0.432. The SMILES string of the molecule is O=C(NC1CC1)c1cc(Nc2nc(N3CCCC3c3ccncc3)nc3cccn23)n[nH]1. The molecule has 0 aromatic carbocycles. The van der Waals surface area contributed by atoms with E-state index in [-0.39, 0.29) is 11.9 Å². The Labute approximate surface area is 184 Å². The zero-order valence-electron chi connectivity index (χ0n) is 17.4. The fraction of sp³-hybridized carbons (Fsp3) is 0.318. The maximum Gasteiger partial charge on any atom is 0.269 e. The lowest BCUT2D eigenvalue weighted by atomic mass is 10.1. The van der Waals surface area contributed by atoms with Crippen LogP contribution in [0.1, 0.15) is 47.8 Å². The van der Waals surface area contributed by atoms with E-state index in [4.69, 9.17) is 9.97 Å². The van der Waals surface area contributed by atoms with E-state index in [1.807, 2.05) is 35.1 Å². The van der Waals surface area contributed by atoms with Gasteiger partial charge in [0, 0.05) is 37.2 Å². The second kappa shape index (κ2) is 7.63. The Hall–Kier alpha value is -3.95. The first-order chi connectivity index (χ1) is 15.7. The number of anilines is 3. The minimum atomic E-state index is -0.139. The van der Waals surface area contributed by atoms with E-state index in [9.17, 15) is 4.79 Å². The van der Waals surface area contributed by atoms with Crippen molar-refractivity contribution in [3.05, 3.63) is 60.2 Å². The maximum absolute atomic E-state index is 12.3. The number of rotatable bonds is 6. The van der Waals surface area contributed by atoms with Crippen molar-refractivity contribution >= 4 is 29.3 Å². The van der Waals surface area contributed by atoms with E-state index in [1.165, 1.54) is 5.56 Å². The van der Waals surface area contributed by atoms with E-state index in [2.05, 4.69) is 42.8 Å². The van der Waals surface area contributed by atoms with Gasteiger partial charge in [-0.1, -0.05) is 0 Å². The zero-order valence-corrected chi connectivity index (χ0v) is 17.4. The predicted octanol–water partition coefficient (Wildman–Crippen LogP) is 2.82. The zero-order chi connectivity index (χ0) is 21.5. The van der Waals surface area contributed by atoms with Gasteiger partial charge in [-0.05, 0) is 55.5 Å². The number of H-pyrrole nitrogens is 1. The number of carbonyl (C=O) groups excluding carboxylic acids is 1. The third kappa shape index (κ3) is 3.53. The Bertz CT molecular complexity index is 1260. The number of amides is 1. The Morgan fingerprint density at radius 2 is 2.00 bits per heavy atom. The lowest BCUT2D eigenvalue weighted by Gasteiger charge is -2.25. The highest BCUT2D eigenvalue weighted by atomic mass is 16.2. The average Bonchev–Trinajstić information content (AvgIpc) is 3.23. The van der Waals surface area contributed by atoms with Gasteiger partial charge in [-0.15, -0.1) is 0 Å². The molecule has 0 bridgehead atoms. The highest BCUT2D eigenvalue weighted by Gasteiger charge is 2.29. The summed E-state index contributed by atoms with van der Waals surface area (Å²) in [5.74, 6) is 1.65. The summed E-state index contributed by atoms with van der Waals surface area (Å²) < 4.78 is 1.87. The molecule has 162 valence electrons. The van der Waals surface area contributed by atoms with Gasteiger partial charge in [0.25, 0.3) is 5.91 Å². The van der Waals surface area contributed by atoms with Crippen LogP contribution in [-0.4, -0.2) is 48.0 Å². The van der Waals surface area contributed by atoms with Gasteiger partial charge in [0.1, 0.15) is 11.3 Å². The number of aromatic amines is 1. The van der Waals surface area contributed by atoms with Crippen LogP contribution in [0.15, 0.2) is 48.9 Å². The van der Waals surface area contributed by atoms with Crippen molar-refractivity contribution in [2.45, 2.75) is 37.8 Å². The van der Waals surface area contributed by atoms with Gasteiger partial charge >= 0.3 is 0 Å². The summed E-state index contributed by atoms with van der Waals surface area (Å²) in [7, 11) is 0. The van der Waals surface area contributed by atoms with Gasteiger partial charge < -0.3 is 15.5 Å². The van der Waals surface area contributed by atoms with Gasteiger partial charge in [0.05, 0.1) is 6.04 Å². The number of nitrogens with zero attached hydrogens (tertiary/aromatic N) is 6. The topological polar surface area (TPSA) is 116 Å². The molecule has 2 aliphatic rings. The standard InChI is InChI=1S/C22H23N9O/c32-20(24-15-5-6-15)16-13-18(29-28-16)25-21-27-22(26-19-4-2-12-31(19)21)30-11-1-3-17(30)14-7-9-23-10-8-14/h2,4,7-10,12-13,15,17H,1,3,5-6,11H2,(H,24,32)(H2,25,26,27,28,29). The largest absolute Gasteiger partial charge is 0.348 e. The van der Waals surface area contributed by atoms with E-state index in [0.29, 0.717) is 29.5 Å².